The average molecular weight is 753 g/mol. The topological polar surface area (TPSA) is 25.8 Å². The highest BCUT2D eigenvalue weighted by molar-refractivity contribution is 6.07. The number of benzene rings is 9. The van der Waals surface area contributed by atoms with Crippen LogP contribution in [0.1, 0.15) is 25.0 Å². The monoisotopic (exact) mass is 752 g/mol. The van der Waals surface area contributed by atoms with Gasteiger partial charge in [0.15, 0.2) is 5.82 Å². The van der Waals surface area contributed by atoms with Crippen LogP contribution in [0.2, 0.25) is 0 Å². The van der Waals surface area contributed by atoms with Crippen molar-refractivity contribution in [2.24, 2.45) is 0 Å². The molecule has 2 heteroatoms. The van der Waals surface area contributed by atoms with Gasteiger partial charge in [0.1, 0.15) is 0 Å². The first-order valence-electron chi connectivity index (χ1n) is 20.4. The van der Waals surface area contributed by atoms with Gasteiger partial charge in [-0.25, -0.2) is 9.97 Å². The fraction of sp³-hybridized carbons (Fsp3) is 0.0526. The minimum atomic E-state index is -0.0793. The van der Waals surface area contributed by atoms with Gasteiger partial charge in [-0.05, 0) is 95.4 Å². The van der Waals surface area contributed by atoms with E-state index in [2.05, 4.69) is 214 Å². The first-order chi connectivity index (χ1) is 29.0. The Labute approximate surface area is 345 Å². The van der Waals surface area contributed by atoms with Crippen molar-refractivity contribution in [2.75, 3.05) is 0 Å². The Kier molecular flexibility index (Phi) is 8.20. The van der Waals surface area contributed by atoms with Crippen LogP contribution >= 0.6 is 0 Å². The Morgan fingerprint density at radius 2 is 0.847 bits per heavy atom. The van der Waals surface area contributed by atoms with Crippen molar-refractivity contribution in [3.8, 4) is 78.4 Å². The van der Waals surface area contributed by atoms with Crippen LogP contribution in [0.5, 0.6) is 0 Å². The van der Waals surface area contributed by atoms with Crippen LogP contribution in [0.25, 0.3) is 100.0 Å². The minimum absolute atomic E-state index is 0.0793. The van der Waals surface area contributed by atoms with Gasteiger partial charge >= 0.3 is 0 Å². The summed E-state index contributed by atoms with van der Waals surface area (Å²) in [5.74, 6) is 0.701. The van der Waals surface area contributed by atoms with Crippen molar-refractivity contribution >= 4 is 21.5 Å². The lowest BCUT2D eigenvalue weighted by Crippen LogP contribution is -2.14. The molecule has 1 aromatic heterocycles. The Hall–Kier alpha value is -7.42. The van der Waals surface area contributed by atoms with Gasteiger partial charge in [0.2, 0.25) is 0 Å². The summed E-state index contributed by atoms with van der Waals surface area (Å²) in [6.07, 6.45) is 0. The third-order valence-electron chi connectivity index (χ3n) is 12.3. The highest BCUT2D eigenvalue weighted by Crippen LogP contribution is 2.52. The van der Waals surface area contributed by atoms with Crippen LogP contribution < -0.4 is 0 Å². The van der Waals surface area contributed by atoms with E-state index in [1.54, 1.807) is 0 Å². The second kappa shape index (κ2) is 13.9. The normalized spacial score (nSPS) is 12.7. The maximum Gasteiger partial charge on any atom is 0.160 e. The molecule has 11 rings (SSSR count). The lowest BCUT2D eigenvalue weighted by atomic mass is 9.81. The predicted octanol–water partition coefficient (Wildman–Crippen LogP) is 15.1. The van der Waals surface area contributed by atoms with E-state index in [0.717, 1.165) is 33.5 Å². The molecule has 0 N–H and O–H groups in total. The molecule has 0 atom stereocenters. The summed E-state index contributed by atoms with van der Waals surface area (Å²) in [6.45, 7) is 4.71. The van der Waals surface area contributed by atoms with Gasteiger partial charge < -0.3 is 0 Å². The van der Waals surface area contributed by atoms with Crippen molar-refractivity contribution in [1.82, 2.24) is 9.97 Å². The van der Waals surface area contributed by atoms with Crippen molar-refractivity contribution in [3.05, 3.63) is 217 Å². The van der Waals surface area contributed by atoms with Gasteiger partial charge in [0.05, 0.1) is 11.4 Å². The lowest BCUT2D eigenvalue weighted by Gasteiger charge is -2.22. The molecule has 278 valence electrons. The number of hydrogen-bond donors (Lipinski definition) is 0. The van der Waals surface area contributed by atoms with E-state index in [1.807, 2.05) is 6.07 Å². The van der Waals surface area contributed by atoms with E-state index in [9.17, 15) is 0 Å². The third-order valence-corrected chi connectivity index (χ3v) is 12.3. The molecule has 0 fully saturated rings. The van der Waals surface area contributed by atoms with Crippen LogP contribution in [0, 0.1) is 0 Å². The van der Waals surface area contributed by atoms with Gasteiger partial charge in [-0.1, -0.05) is 202 Å². The van der Waals surface area contributed by atoms with E-state index in [1.165, 1.54) is 71.8 Å². The molecule has 0 saturated carbocycles. The number of fused-ring (bicyclic) bond motifs is 6. The van der Waals surface area contributed by atoms with E-state index in [0.29, 0.717) is 5.82 Å². The first kappa shape index (κ1) is 34.8. The quantitative estimate of drug-likeness (QED) is 0.169. The van der Waals surface area contributed by atoms with Crippen LogP contribution in [0.15, 0.2) is 206 Å². The zero-order valence-corrected chi connectivity index (χ0v) is 33.0. The standard InChI is InChI=1S/C57H40N2/c1-57(2)51-32-28-41(34-50(51)55-45-23-13-12-20-39(45)27-33-52(55)57)44-30-31-48(47-25-15-14-24-46(44)47)54-36-53(58-56(59-54)40-21-10-5-11-22-40)42-26-29-43(37-16-6-3-7-17-37)49(35-42)38-18-8-4-9-19-38/h3-36H,1-2H3. The van der Waals surface area contributed by atoms with Gasteiger partial charge in [-0.15, -0.1) is 0 Å². The average Bonchev–Trinajstić information content (AvgIpc) is 3.54. The summed E-state index contributed by atoms with van der Waals surface area (Å²) in [7, 11) is 0. The number of aromatic nitrogens is 2. The molecule has 0 spiro atoms. The summed E-state index contributed by atoms with van der Waals surface area (Å²) in [5, 5.41) is 4.94. The Morgan fingerprint density at radius 3 is 1.58 bits per heavy atom. The molecule has 1 aliphatic rings. The first-order valence-corrected chi connectivity index (χ1v) is 20.4. The SMILES string of the molecule is CC1(C)c2ccc(-c3ccc(-c4cc(-c5ccc(-c6ccccc6)c(-c6ccccc6)c5)nc(-c5ccccc5)n4)c4ccccc34)cc2-c2c1ccc1ccccc21. The molecule has 0 unspecified atom stereocenters. The molecular formula is C57H40N2. The minimum Gasteiger partial charge on any atom is -0.228 e. The third kappa shape index (κ3) is 5.87. The second-order valence-electron chi connectivity index (χ2n) is 16.1. The van der Waals surface area contributed by atoms with Gasteiger partial charge in [0.25, 0.3) is 0 Å². The lowest BCUT2D eigenvalue weighted by molar-refractivity contribution is 0.661. The smallest absolute Gasteiger partial charge is 0.160 e. The molecule has 0 radical (unpaired) electrons. The second-order valence-corrected chi connectivity index (χ2v) is 16.1. The Bertz CT molecular complexity index is 3220. The Balaban J connectivity index is 1.08. The molecular weight excluding hydrogens is 713 g/mol. The number of hydrogen-bond acceptors (Lipinski definition) is 2. The highest BCUT2D eigenvalue weighted by atomic mass is 14.9. The zero-order valence-electron chi connectivity index (χ0n) is 33.0. The van der Waals surface area contributed by atoms with Gasteiger partial charge in [-0.2, -0.15) is 0 Å². The largest absolute Gasteiger partial charge is 0.228 e. The zero-order chi connectivity index (χ0) is 39.5. The van der Waals surface area contributed by atoms with E-state index in [4.69, 9.17) is 9.97 Å². The fourth-order valence-electron chi connectivity index (χ4n) is 9.34. The van der Waals surface area contributed by atoms with E-state index >= 15 is 0 Å². The molecule has 9 aromatic carbocycles. The van der Waals surface area contributed by atoms with Crippen molar-refractivity contribution < 1.29 is 0 Å². The van der Waals surface area contributed by atoms with Crippen molar-refractivity contribution in [1.29, 1.82) is 0 Å². The summed E-state index contributed by atoms with van der Waals surface area (Å²) in [6, 6.07) is 74.3. The van der Waals surface area contributed by atoms with Crippen LogP contribution in [-0.4, -0.2) is 9.97 Å². The molecule has 59 heavy (non-hydrogen) atoms. The van der Waals surface area contributed by atoms with Gasteiger partial charge in [0, 0.05) is 22.1 Å². The molecule has 0 amide bonds. The number of rotatable bonds is 6. The molecule has 2 nitrogen and oxygen atoms in total. The predicted molar refractivity (Wildman–Crippen MR) is 247 cm³/mol. The summed E-state index contributed by atoms with van der Waals surface area (Å²) in [4.78, 5) is 10.6. The maximum atomic E-state index is 5.30. The van der Waals surface area contributed by atoms with Crippen LogP contribution in [0.3, 0.4) is 0 Å². The van der Waals surface area contributed by atoms with Crippen molar-refractivity contribution in [2.45, 2.75) is 19.3 Å². The van der Waals surface area contributed by atoms with E-state index < -0.39 is 0 Å². The summed E-state index contributed by atoms with van der Waals surface area (Å²) < 4.78 is 0. The maximum absolute atomic E-state index is 5.30. The molecule has 0 saturated heterocycles. The van der Waals surface area contributed by atoms with Crippen molar-refractivity contribution in [3.63, 3.8) is 0 Å². The molecule has 0 aliphatic heterocycles. The molecule has 0 bridgehead atoms. The molecule has 10 aromatic rings. The Morgan fingerprint density at radius 1 is 0.322 bits per heavy atom. The van der Waals surface area contributed by atoms with Crippen LogP contribution in [-0.2, 0) is 5.41 Å². The van der Waals surface area contributed by atoms with Gasteiger partial charge in [-0.3, -0.25) is 0 Å². The molecule has 1 heterocycles. The summed E-state index contributed by atoms with van der Waals surface area (Å²) in [5.41, 5.74) is 17.4. The molecule has 1 aliphatic carbocycles. The number of nitrogens with zero attached hydrogens (tertiary/aromatic N) is 2. The van der Waals surface area contributed by atoms with E-state index in [-0.39, 0.29) is 5.41 Å². The summed E-state index contributed by atoms with van der Waals surface area (Å²) >= 11 is 0. The highest BCUT2D eigenvalue weighted by Gasteiger charge is 2.36. The van der Waals surface area contributed by atoms with Crippen LogP contribution in [0.4, 0.5) is 0 Å². The fourth-order valence-corrected chi connectivity index (χ4v) is 9.34.